The molecule has 2 heterocycles. The van der Waals surface area contributed by atoms with E-state index >= 15 is 0 Å². The van der Waals surface area contributed by atoms with Crippen molar-refractivity contribution < 1.29 is 9.59 Å². The zero-order valence-electron chi connectivity index (χ0n) is 16.6. The average molecular weight is 402 g/mol. The molecule has 0 spiro atoms. The summed E-state index contributed by atoms with van der Waals surface area (Å²) in [7, 11) is 0. The van der Waals surface area contributed by atoms with Crippen molar-refractivity contribution in [2.45, 2.75) is 44.2 Å². The number of hydrogen-bond donors (Lipinski definition) is 2. The van der Waals surface area contributed by atoms with E-state index in [0.717, 1.165) is 11.5 Å². The van der Waals surface area contributed by atoms with Gasteiger partial charge in [-0.1, -0.05) is 50.7 Å². The van der Waals surface area contributed by atoms with Crippen molar-refractivity contribution in [1.29, 1.82) is 0 Å². The molecule has 0 aliphatic carbocycles. The number of carbonyl (C=O) groups excluding carboxylic acids is 2. The van der Waals surface area contributed by atoms with Gasteiger partial charge in [-0.05, 0) is 25.0 Å². The topological polar surface area (TPSA) is 91.0 Å². The summed E-state index contributed by atoms with van der Waals surface area (Å²) in [6.45, 7) is 7.39. The lowest BCUT2D eigenvalue weighted by molar-refractivity contribution is -0.132. The first-order valence-corrected chi connectivity index (χ1v) is 10.5. The SMILES string of the molecule is CC(C)(C)c1nc(SCC(=O)N2CCC(C(=O)Nc3ccccc3)CC2)n[nH]1. The van der Waals surface area contributed by atoms with Gasteiger partial charge in [0.1, 0.15) is 5.82 Å². The van der Waals surface area contributed by atoms with Gasteiger partial charge in [-0.25, -0.2) is 4.98 Å². The van der Waals surface area contributed by atoms with Gasteiger partial charge in [0.15, 0.2) is 0 Å². The van der Waals surface area contributed by atoms with Crippen LogP contribution in [0.4, 0.5) is 5.69 Å². The van der Waals surface area contributed by atoms with Crippen LogP contribution in [0.2, 0.25) is 0 Å². The zero-order valence-corrected chi connectivity index (χ0v) is 17.4. The molecule has 1 aromatic carbocycles. The van der Waals surface area contributed by atoms with Gasteiger partial charge in [-0.15, -0.1) is 5.10 Å². The molecule has 1 aliphatic heterocycles. The summed E-state index contributed by atoms with van der Waals surface area (Å²) in [6, 6.07) is 9.46. The van der Waals surface area contributed by atoms with Gasteiger partial charge in [0.25, 0.3) is 0 Å². The number of H-pyrrole nitrogens is 1. The van der Waals surface area contributed by atoms with Crippen molar-refractivity contribution in [2.24, 2.45) is 5.92 Å². The molecule has 7 nitrogen and oxygen atoms in total. The number of anilines is 1. The maximum Gasteiger partial charge on any atom is 0.233 e. The van der Waals surface area contributed by atoms with E-state index < -0.39 is 0 Å². The molecule has 0 unspecified atom stereocenters. The van der Waals surface area contributed by atoms with Gasteiger partial charge in [-0.2, -0.15) is 0 Å². The van der Waals surface area contributed by atoms with Crippen molar-refractivity contribution >= 4 is 29.3 Å². The van der Waals surface area contributed by atoms with E-state index in [0.29, 0.717) is 36.8 Å². The first kappa shape index (κ1) is 20.4. The molecule has 0 radical (unpaired) electrons. The highest BCUT2D eigenvalue weighted by Gasteiger charge is 2.27. The first-order valence-electron chi connectivity index (χ1n) is 9.52. The first-order chi connectivity index (χ1) is 13.3. The number of hydrogen-bond acceptors (Lipinski definition) is 5. The van der Waals surface area contributed by atoms with E-state index in [4.69, 9.17) is 0 Å². The monoisotopic (exact) mass is 401 g/mol. The summed E-state index contributed by atoms with van der Waals surface area (Å²) >= 11 is 1.34. The van der Waals surface area contributed by atoms with Crippen molar-refractivity contribution in [1.82, 2.24) is 20.1 Å². The molecule has 3 rings (SSSR count). The summed E-state index contributed by atoms with van der Waals surface area (Å²) in [6.07, 6.45) is 1.37. The number of piperidine rings is 1. The summed E-state index contributed by atoms with van der Waals surface area (Å²) in [5, 5.41) is 10.7. The second kappa shape index (κ2) is 8.77. The van der Waals surface area contributed by atoms with Gasteiger partial charge in [-0.3, -0.25) is 14.7 Å². The second-order valence-corrected chi connectivity index (χ2v) is 8.96. The van der Waals surface area contributed by atoms with Crippen molar-refractivity contribution in [3.8, 4) is 0 Å². The van der Waals surface area contributed by atoms with Gasteiger partial charge >= 0.3 is 0 Å². The molecule has 150 valence electrons. The Hall–Kier alpha value is -2.35. The highest BCUT2D eigenvalue weighted by atomic mass is 32.2. The van der Waals surface area contributed by atoms with Gasteiger partial charge < -0.3 is 10.2 Å². The Morgan fingerprint density at radius 3 is 2.50 bits per heavy atom. The third-order valence-electron chi connectivity index (χ3n) is 4.76. The van der Waals surface area contributed by atoms with Crippen LogP contribution in [0.5, 0.6) is 0 Å². The van der Waals surface area contributed by atoms with Crippen LogP contribution in [0.25, 0.3) is 0 Å². The Morgan fingerprint density at radius 2 is 1.89 bits per heavy atom. The molecule has 0 atom stereocenters. The number of aromatic nitrogens is 3. The minimum absolute atomic E-state index is 0.0307. The number of aromatic amines is 1. The quantitative estimate of drug-likeness (QED) is 0.752. The number of nitrogens with zero attached hydrogens (tertiary/aromatic N) is 3. The molecular formula is C20H27N5O2S. The van der Waals surface area contributed by atoms with Crippen LogP contribution in [0.15, 0.2) is 35.5 Å². The van der Waals surface area contributed by atoms with Crippen LogP contribution in [-0.4, -0.2) is 50.7 Å². The molecular weight excluding hydrogens is 374 g/mol. The molecule has 8 heteroatoms. The van der Waals surface area contributed by atoms with E-state index in [1.807, 2.05) is 35.2 Å². The third kappa shape index (κ3) is 5.34. The van der Waals surface area contributed by atoms with Gasteiger partial charge in [0.05, 0.1) is 5.75 Å². The number of nitrogens with one attached hydrogen (secondary N) is 2. The van der Waals surface area contributed by atoms with Crippen LogP contribution >= 0.6 is 11.8 Å². The van der Waals surface area contributed by atoms with Crippen LogP contribution in [-0.2, 0) is 15.0 Å². The molecule has 1 aliphatic rings. The van der Waals surface area contributed by atoms with Crippen molar-refractivity contribution in [3.05, 3.63) is 36.2 Å². The van der Waals surface area contributed by atoms with Crippen LogP contribution < -0.4 is 5.32 Å². The van der Waals surface area contributed by atoms with Crippen molar-refractivity contribution in [2.75, 3.05) is 24.2 Å². The number of carbonyl (C=O) groups is 2. The summed E-state index contributed by atoms with van der Waals surface area (Å²) < 4.78 is 0. The van der Waals surface area contributed by atoms with Gasteiger partial charge in [0, 0.05) is 30.1 Å². The smallest absolute Gasteiger partial charge is 0.233 e. The van der Waals surface area contributed by atoms with E-state index in [1.54, 1.807) is 0 Å². The zero-order chi connectivity index (χ0) is 20.1. The van der Waals surface area contributed by atoms with Crippen LogP contribution in [0, 0.1) is 5.92 Å². The number of amides is 2. The summed E-state index contributed by atoms with van der Waals surface area (Å²) in [5.41, 5.74) is 0.710. The lowest BCUT2D eigenvalue weighted by Gasteiger charge is -2.31. The maximum atomic E-state index is 12.5. The van der Waals surface area contributed by atoms with E-state index in [1.165, 1.54) is 11.8 Å². The lowest BCUT2D eigenvalue weighted by atomic mass is 9.96. The molecule has 2 amide bonds. The average Bonchev–Trinajstić information content (AvgIpc) is 3.16. The van der Waals surface area contributed by atoms with Crippen LogP contribution in [0.3, 0.4) is 0 Å². The molecule has 0 bridgehead atoms. The Balaban J connectivity index is 1.43. The number of rotatable bonds is 5. The van der Waals surface area contributed by atoms with E-state index in [-0.39, 0.29) is 23.1 Å². The molecule has 28 heavy (non-hydrogen) atoms. The molecule has 2 N–H and O–H groups in total. The lowest BCUT2D eigenvalue weighted by Crippen LogP contribution is -2.42. The van der Waals surface area contributed by atoms with Gasteiger partial charge in [0.2, 0.25) is 17.0 Å². The standard InChI is InChI=1S/C20H27N5O2S/c1-20(2,3)18-22-19(24-23-18)28-13-16(26)25-11-9-14(10-12-25)17(27)21-15-7-5-4-6-8-15/h4-8,14H,9-13H2,1-3H3,(H,21,27)(H,22,23,24). The Labute approximate surface area is 169 Å². The Bertz CT molecular complexity index is 808. The number of para-hydroxylation sites is 1. The molecule has 2 aromatic rings. The highest BCUT2D eigenvalue weighted by molar-refractivity contribution is 7.99. The fourth-order valence-corrected chi connectivity index (χ4v) is 3.72. The molecule has 1 saturated heterocycles. The summed E-state index contributed by atoms with van der Waals surface area (Å²) in [4.78, 5) is 31.2. The Kier molecular flexibility index (Phi) is 6.39. The Morgan fingerprint density at radius 1 is 1.21 bits per heavy atom. The number of benzene rings is 1. The van der Waals surface area contributed by atoms with E-state index in [9.17, 15) is 9.59 Å². The fourth-order valence-electron chi connectivity index (χ4n) is 3.02. The highest BCUT2D eigenvalue weighted by Crippen LogP contribution is 2.23. The predicted molar refractivity (Wildman–Crippen MR) is 110 cm³/mol. The molecule has 1 aromatic heterocycles. The second-order valence-electron chi connectivity index (χ2n) is 8.02. The maximum absolute atomic E-state index is 12.5. The minimum Gasteiger partial charge on any atom is -0.342 e. The fraction of sp³-hybridized carbons (Fsp3) is 0.500. The van der Waals surface area contributed by atoms with Crippen molar-refractivity contribution in [3.63, 3.8) is 0 Å². The predicted octanol–water partition coefficient (Wildman–Crippen LogP) is 3.07. The van der Waals surface area contributed by atoms with Crippen LogP contribution in [0.1, 0.15) is 39.4 Å². The molecule has 1 fully saturated rings. The number of likely N-dealkylation sites (tertiary alicyclic amines) is 1. The van der Waals surface area contributed by atoms with E-state index in [2.05, 4.69) is 41.3 Å². The minimum atomic E-state index is -0.0992. The largest absolute Gasteiger partial charge is 0.342 e. The summed E-state index contributed by atoms with van der Waals surface area (Å²) in [5.74, 6) is 1.16. The normalized spacial score (nSPS) is 15.5. The number of thioether (sulfide) groups is 1. The molecule has 0 saturated carbocycles. The third-order valence-corrected chi connectivity index (χ3v) is 5.59.